The molecule has 1 rings (SSSR count). The van der Waals surface area contributed by atoms with E-state index in [1.54, 1.807) is 6.92 Å². The lowest BCUT2D eigenvalue weighted by Gasteiger charge is -2.22. The summed E-state index contributed by atoms with van der Waals surface area (Å²) in [7, 11) is 0. The van der Waals surface area contributed by atoms with E-state index in [0.29, 0.717) is 18.6 Å². The monoisotopic (exact) mass is 184 g/mol. The summed E-state index contributed by atoms with van der Waals surface area (Å²) in [6.45, 7) is 1.66. The zero-order valence-electron chi connectivity index (χ0n) is 7.88. The molecular weight excluding hydrogens is 168 g/mol. The minimum atomic E-state index is -0.461. The van der Waals surface area contributed by atoms with Crippen LogP contribution in [0.4, 0.5) is 0 Å². The van der Waals surface area contributed by atoms with Gasteiger partial charge in [-0.2, -0.15) is 0 Å². The molecule has 1 aliphatic rings. The van der Waals surface area contributed by atoms with Gasteiger partial charge in [0.1, 0.15) is 5.78 Å². The van der Waals surface area contributed by atoms with Crippen molar-refractivity contribution in [3.8, 4) is 0 Å². The second kappa shape index (κ2) is 4.37. The van der Waals surface area contributed by atoms with E-state index in [9.17, 15) is 9.59 Å². The summed E-state index contributed by atoms with van der Waals surface area (Å²) in [4.78, 5) is 22.1. The molecule has 1 atom stereocenters. The fraction of sp³-hybridized carbons (Fsp3) is 0.778. The number of Topliss-reactive ketones (excluding diaryl/α,β-unsaturated/α-hetero) is 1. The van der Waals surface area contributed by atoms with E-state index < -0.39 is 6.04 Å². The van der Waals surface area contributed by atoms with Crippen molar-refractivity contribution in [2.75, 3.05) is 0 Å². The maximum absolute atomic E-state index is 11.2. The van der Waals surface area contributed by atoms with Gasteiger partial charge in [0.2, 0.25) is 5.91 Å². The Morgan fingerprint density at radius 1 is 1.54 bits per heavy atom. The molecule has 0 saturated heterocycles. The average Bonchev–Trinajstić information content (AvgIpc) is 2.08. The van der Waals surface area contributed by atoms with Crippen LogP contribution in [0.2, 0.25) is 0 Å². The SMILES string of the molecule is CC(N)C(=O)NC1CCC(=O)CC1. The quantitative estimate of drug-likeness (QED) is 0.632. The first-order valence-corrected chi connectivity index (χ1v) is 4.67. The van der Waals surface area contributed by atoms with E-state index in [4.69, 9.17) is 5.73 Å². The predicted octanol–water partition coefficient (Wildman–Crippen LogP) is -0.0385. The molecule has 1 saturated carbocycles. The third-order valence-corrected chi connectivity index (χ3v) is 2.30. The van der Waals surface area contributed by atoms with Crippen molar-refractivity contribution in [3.05, 3.63) is 0 Å². The van der Waals surface area contributed by atoms with Crippen LogP contribution in [0.15, 0.2) is 0 Å². The molecule has 74 valence electrons. The number of rotatable bonds is 2. The van der Waals surface area contributed by atoms with E-state index in [2.05, 4.69) is 5.32 Å². The number of ketones is 1. The highest BCUT2D eigenvalue weighted by Gasteiger charge is 2.20. The summed E-state index contributed by atoms with van der Waals surface area (Å²) < 4.78 is 0. The number of nitrogens with one attached hydrogen (secondary N) is 1. The maximum atomic E-state index is 11.2. The Balaban J connectivity index is 2.30. The van der Waals surface area contributed by atoms with Crippen molar-refractivity contribution in [1.82, 2.24) is 5.32 Å². The Bertz CT molecular complexity index is 204. The van der Waals surface area contributed by atoms with Crippen LogP contribution >= 0.6 is 0 Å². The van der Waals surface area contributed by atoms with Crippen LogP contribution in [0.1, 0.15) is 32.6 Å². The highest BCUT2D eigenvalue weighted by molar-refractivity contribution is 5.82. The van der Waals surface area contributed by atoms with Crippen LogP contribution in [-0.4, -0.2) is 23.8 Å². The molecule has 0 heterocycles. The number of nitrogens with two attached hydrogens (primary N) is 1. The maximum Gasteiger partial charge on any atom is 0.236 e. The van der Waals surface area contributed by atoms with Gasteiger partial charge in [0, 0.05) is 18.9 Å². The van der Waals surface area contributed by atoms with Crippen molar-refractivity contribution in [2.24, 2.45) is 5.73 Å². The molecule has 0 spiro atoms. The van der Waals surface area contributed by atoms with Crippen molar-refractivity contribution in [2.45, 2.75) is 44.7 Å². The normalized spacial score (nSPS) is 21.2. The van der Waals surface area contributed by atoms with Gasteiger partial charge < -0.3 is 11.1 Å². The third-order valence-electron chi connectivity index (χ3n) is 2.30. The molecule has 3 N–H and O–H groups in total. The Hall–Kier alpha value is -0.900. The summed E-state index contributed by atoms with van der Waals surface area (Å²) >= 11 is 0. The molecule has 4 nitrogen and oxygen atoms in total. The number of carbonyl (C=O) groups is 2. The summed E-state index contributed by atoms with van der Waals surface area (Å²) in [5.41, 5.74) is 5.40. The van der Waals surface area contributed by atoms with E-state index in [1.165, 1.54) is 0 Å². The predicted molar refractivity (Wildman–Crippen MR) is 49.1 cm³/mol. The zero-order valence-corrected chi connectivity index (χ0v) is 7.88. The van der Waals surface area contributed by atoms with Gasteiger partial charge in [0.25, 0.3) is 0 Å². The molecule has 0 aliphatic heterocycles. The number of amides is 1. The van der Waals surface area contributed by atoms with Gasteiger partial charge in [0.05, 0.1) is 6.04 Å². The molecule has 0 radical (unpaired) electrons. The summed E-state index contributed by atoms with van der Waals surface area (Å²) in [6, 6.07) is -0.311. The molecule has 4 heteroatoms. The Morgan fingerprint density at radius 2 is 2.08 bits per heavy atom. The lowest BCUT2D eigenvalue weighted by atomic mass is 9.94. The van der Waals surface area contributed by atoms with E-state index in [-0.39, 0.29) is 11.9 Å². The fourth-order valence-corrected chi connectivity index (χ4v) is 1.42. The minimum Gasteiger partial charge on any atom is -0.352 e. The van der Waals surface area contributed by atoms with Crippen LogP contribution in [-0.2, 0) is 9.59 Å². The van der Waals surface area contributed by atoms with Gasteiger partial charge in [-0.3, -0.25) is 9.59 Å². The molecule has 0 bridgehead atoms. The van der Waals surface area contributed by atoms with Crippen molar-refractivity contribution < 1.29 is 9.59 Å². The highest BCUT2D eigenvalue weighted by atomic mass is 16.2. The molecule has 1 unspecified atom stereocenters. The molecule has 1 amide bonds. The molecule has 0 aromatic rings. The highest BCUT2D eigenvalue weighted by Crippen LogP contribution is 2.14. The molecule has 0 aromatic heterocycles. The van der Waals surface area contributed by atoms with Gasteiger partial charge in [0.15, 0.2) is 0 Å². The molecule has 13 heavy (non-hydrogen) atoms. The summed E-state index contributed by atoms with van der Waals surface area (Å²) in [5.74, 6) is 0.172. The standard InChI is InChI=1S/C9H16N2O2/c1-6(10)9(13)11-7-2-4-8(12)5-3-7/h6-7H,2-5,10H2,1H3,(H,11,13). The van der Waals surface area contributed by atoms with E-state index in [0.717, 1.165) is 12.8 Å². The zero-order chi connectivity index (χ0) is 9.84. The summed E-state index contributed by atoms with van der Waals surface area (Å²) in [6.07, 6.45) is 2.70. The minimum absolute atomic E-state index is 0.126. The van der Waals surface area contributed by atoms with Gasteiger partial charge in [-0.25, -0.2) is 0 Å². The second-order valence-corrected chi connectivity index (χ2v) is 3.61. The first-order valence-electron chi connectivity index (χ1n) is 4.67. The third kappa shape index (κ3) is 3.14. The number of hydrogen-bond acceptors (Lipinski definition) is 3. The van der Waals surface area contributed by atoms with Gasteiger partial charge in [-0.05, 0) is 19.8 Å². The van der Waals surface area contributed by atoms with Crippen LogP contribution < -0.4 is 11.1 Å². The van der Waals surface area contributed by atoms with Crippen molar-refractivity contribution in [3.63, 3.8) is 0 Å². The first-order chi connectivity index (χ1) is 6.09. The molecule has 0 aromatic carbocycles. The van der Waals surface area contributed by atoms with Gasteiger partial charge >= 0.3 is 0 Å². The van der Waals surface area contributed by atoms with Crippen LogP contribution in [0.5, 0.6) is 0 Å². The Labute approximate surface area is 77.9 Å². The number of carbonyl (C=O) groups excluding carboxylic acids is 2. The second-order valence-electron chi connectivity index (χ2n) is 3.61. The van der Waals surface area contributed by atoms with Crippen LogP contribution in [0, 0.1) is 0 Å². The largest absolute Gasteiger partial charge is 0.352 e. The first kappa shape index (κ1) is 10.2. The van der Waals surface area contributed by atoms with Crippen molar-refractivity contribution >= 4 is 11.7 Å². The lowest BCUT2D eigenvalue weighted by Crippen LogP contribution is -2.45. The lowest BCUT2D eigenvalue weighted by molar-refractivity contribution is -0.125. The van der Waals surface area contributed by atoms with Crippen molar-refractivity contribution in [1.29, 1.82) is 0 Å². The topological polar surface area (TPSA) is 72.2 Å². The molecular formula is C9H16N2O2. The Morgan fingerprint density at radius 3 is 2.54 bits per heavy atom. The van der Waals surface area contributed by atoms with Gasteiger partial charge in [-0.1, -0.05) is 0 Å². The van der Waals surface area contributed by atoms with Crippen LogP contribution in [0.3, 0.4) is 0 Å². The van der Waals surface area contributed by atoms with Gasteiger partial charge in [-0.15, -0.1) is 0 Å². The average molecular weight is 184 g/mol. The van der Waals surface area contributed by atoms with Crippen LogP contribution in [0.25, 0.3) is 0 Å². The summed E-state index contributed by atoms with van der Waals surface area (Å²) in [5, 5.41) is 2.82. The van der Waals surface area contributed by atoms with E-state index in [1.807, 2.05) is 0 Å². The van der Waals surface area contributed by atoms with E-state index >= 15 is 0 Å². The number of hydrogen-bond donors (Lipinski definition) is 2. The molecule has 1 aliphatic carbocycles. The molecule has 1 fully saturated rings. The smallest absolute Gasteiger partial charge is 0.236 e. The fourth-order valence-electron chi connectivity index (χ4n) is 1.42. The Kier molecular flexibility index (Phi) is 3.42.